The van der Waals surface area contributed by atoms with E-state index in [4.69, 9.17) is 5.10 Å². The molecule has 1 aromatic heterocycles. The number of nitrogens with one attached hydrogen (secondary N) is 1. The van der Waals surface area contributed by atoms with E-state index in [-0.39, 0.29) is 11.2 Å². The Bertz CT molecular complexity index is 651. The molecule has 2 aromatic rings. The summed E-state index contributed by atoms with van der Waals surface area (Å²) in [7, 11) is 0. The lowest BCUT2D eigenvalue weighted by atomic mass is 10.2. The number of thioether (sulfide) groups is 1. The van der Waals surface area contributed by atoms with E-state index in [2.05, 4.69) is 5.32 Å². The number of aromatic nitrogens is 2. The van der Waals surface area contributed by atoms with Crippen molar-refractivity contribution in [1.29, 1.82) is 0 Å². The van der Waals surface area contributed by atoms with Gasteiger partial charge in [0.2, 0.25) is 5.91 Å². The topological polar surface area (TPSA) is 46.9 Å². The second-order valence-electron chi connectivity index (χ2n) is 5.24. The van der Waals surface area contributed by atoms with Crippen molar-refractivity contribution in [1.82, 2.24) is 9.78 Å². The van der Waals surface area contributed by atoms with E-state index >= 15 is 0 Å². The second kappa shape index (κ2) is 5.93. The predicted molar refractivity (Wildman–Crippen MR) is 87.2 cm³/mol. The molecule has 4 nitrogen and oxygen atoms in total. The van der Waals surface area contributed by atoms with Gasteiger partial charge in [-0.15, -0.1) is 0 Å². The van der Waals surface area contributed by atoms with Crippen LogP contribution in [0, 0.1) is 0 Å². The molecule has 0 fully saturated rings. The number of rotatable bonds is 4. The summed E-state index contributed by atoms with van der Waals surface area (Å²) in [6.45, 7) is 1.92. The monoisotopic (exact) mass is 301 g/mol. The lowest BCUT2D eigenvalue weighted by Crippen LogP contribution is -2.24. The molecule has 0 spiro atoms. The summed E-state index contributed by atoms with van der Waals surface area (Å²) in [6.07, 6.45) is 5.05. The van der Waals surface area contributed by atoms with Crippen LogP contribution < -0.4 is 5.32 Å². The molecule has 1 aliphatic carbocycles. The first-order chi connectivity index (χ1) is 10.2. The highest BCUT2D eigenvalue weighted by atomic mass is 32.2. The van der Waals surface area contributed by atoms with Crippen LogP contribution in [0.3, 0.4) is 0 Å². The molecule has 0 bridgehead atoms. The van der Waals surface area contributed by atoms with E-state index in [1.54, 1.807) is 11.8 Å². The minimum atomic E-state index is -0.0684. The van der Waals surface area contributed by atoms with Crippen LogP contribution in [0.15, 0.2) is 30.3 Å². The van der Waals surface area contributed by atoms with Crippen LogP contribution in [0.4, 0.5) is 5.82 Å². The fourth-order valence-electron chi connectivity index (χ4n) is 2.60. The Morgan fingerprint density at radius 1 is 1.33 bits per heavy atom. The van der Waals surface area contributed by atoms with Crippen molar-refractivity contribution in [2.75, 3.05) is 11.6 Å². The Hall–Kier alpha value is -1.75. The van der Waals surface area contributed by atoms with Gasteiger partial charge in [-0.2, -0.15) is 16.9 Å². The lowest BCUT2D eigenvalue weighted by molar-refractivity contribution is -0.115. The molecular weight excluding hydrogens is 282 g/mol. The largest absolute Gasteiger partial charge is 0.309 e. The first-order valence-electron chi connectivity index (χ1n) is 7.20. The van der Waals surface area contributed by atoms with Gasteiger partial charge in [-0.25, -0.2) is 4.68 Å². The average molecular weight is 301 g/mol. The third kappa shape index (κ3) is 2.70. The summed E-state index contributed by atoms with van der Waals surface area (Å²) in [5, 5.41) is 7.71. The zero-order valence-corrected chi connectivity index (χ0v) is 13.1. The standard InChI is InChI=1S/C16H19N3OS/c1-11(21-2)16(20)17-15-13-9-6-10-14(13)18-19(15)12-7-4-3-5-8-12/h3-5,7-8,11H,6,9-10H2,1-2H3,(H,17,20). The van der Waals surface area contributed by atoms with Gasteiger partial charge in [0.15, 0.2) is 0 Å². The molecule has 21 heavy (non-hydrogen) atoms. The lowest BCUT2D eigenvalue weighted by Gasteiger charge is -2.13. The molecule has 1 aromatic carbocycles. The van der Waals surface area contributed by atoms with Crippen molar-refractivity contribution in [2.45, 2.75) is 31.4 Å². The molecule has 0 radical (unpaired) electrons. The van der Waals surface area contributed by atoms with Crippen molar-refractivity contribution in [3.63, 3.8) is 0 Å². The van der Waals surface area contributed by atoms with E-state index in [9.17, 15) is 4.79 Å². The first-order valence-corrected chi connectivity index (χ1v) is 8.49. The summed E-state index contributed by atoms with van der Waals surface area (Å²) in [4.78, 5) is 12.3. The first kappa shape index (κ1) is 14.2. The van der Waals surface area contributed by atoms with Crippen LogP contribution >= 0.6 is 11.8 Å². The quantitative estimate of drug-likeness (QED) is 0.944. The summed E-state index contributed by atoms with van der Waals surface area (Å²) >= 11 is 1.55. The number of hydrogen-bond acceptors (Lipinski definition) is 3. The number of carbonyl (C=O) groups is 1. The Balaban J connectivity index is 2.00. The van der Waals surface area contributed by atoms with Gasteiger partial charge < -0.3 is 5.32 Å². The van der Waals surface area contributed by atoms with Crippen molar-refractivity contribution in [3.05, 3.63) is 41.6 Å². The maximum Gasteiger partial charge on any atom is 0.238 e. The molecular formula is C16H19N3OS. The van der Waals surface area contributed by atoms with Gasteiger partial charge in [0.05, 0.1) is 16.6 Å². The highest BCUT2D eigenvalue weighted by molar-refractivity contribution is 7.99. The maximum atomic E-state index is 12.3. The molecule has 1 amide bonds. The Morgan fingerprint density at radius 2 is 2.10 bits per heavy atom. The summed E-state index contributed by atoms with van der Waals surface area (Å²) in [5.41, 5.74) is 3.30. The van der Waals surface area contributed by atoms with Crippen LogP contribution in [-0.4, -0.2) is 27.2 Å². The van der Waals surface area contributed by atoms with E-state index < -0.39 is 0 Å². The Labute approximate surface area is 128 Å². The highest BCUT2D eigenvalue weighted by Gasteiger charge is 2.25. The van der Waals surface area contributed by atoms with Gasteiger partial charge >= 0.3 is 0 Å². The molecule has 1 atom stereocenters. The number of benzene rings is 1. The molecule has 5 heteroatoms. The third-order valence-electron chi connectivity index (χ3n) is 3.87. The fraction of sp³-hybridized carbons (Fsp3) is 0.375. The number of amides is 1. The normalized spacial score (nSPS) is 14.8. The minimum Gasteiger partial charge on any atom is -0.309 e. The van der Waals surface area contributed by atoms with Gasteiger partial charge in [-0.1, -0.05) is 18.2 Å². The maximum absolute atomic E-state index is 12.3. The summed E-state index contributed by atoms with van der Waals surface area (Å²) in [5.74, 6) is 0.883. The van der Waals surface area contributed by atoms with E-state index in [0.29, 0.717) is 0 Å². The molecule has 3 rings (SSSR count). The third-order valence-corrected chi connectivity index (χ3v) is 4.79. The van der Waals surface area contributed by atoms with Crippen LogP contribution in [0.1, 0.15) is 24.6 Å². The highest BCUT2D eigenvalue weighted by Crippen LogP contribution is 2.31. The zero-order valence-electron chi connectivity index (χ0n) is 12.3. The molecule has 1 heterocycles. The molecule has 1 aliphatic rings. The second-order valence-corrected chi connectivity index (χ2v) is 6.42. The minimum absolute atomic E-state index is 0.0364. The summed E-state index contributed by atoms with van der Waals surface area (Å²) < 4.78 is 1.87. The van der Waals surface area contributed by atoms with E-state index in [1.165, 1.54) is 5.56 Å². The molecule has 1 N–H and O–H groups in total. The van der Waals surface area contributed by atoms with Gasteiger partial charge in [0, 0.05) is 5.56 Å². The molecule has 1 unspecified atom stereocenters. The number of para-hydroxylation sites is 1. The Morgan fingerprint density at radius 3 is 2.81 bits per heavy atom. The molecule has 0 saturated carbocycles. The van der Waals surface area contributed by atoms with Gasteiger partial charge in [0.1, 0.15) is 5.82 Å². The van der Waals surface area contributed by atoms with E-state index in [0.717, 1.165) is 36.5 Å². The number of nitrogens with zero attached hydrogens (tertiary/aromatic N) is 2. The van der Waals surface area contributed by atoms with Gasteiger partial charge in [-0.05, 0) is 44.6 Å². The predicted octanol–water partition coefficient (Wildman–Crippen LogP) is 3.05. The smallest absolute Gasteiger partial charge is 0.238 e. The van der Waals surface area contributed by atoms with Crippen LogP contribution in [0.2, 0.25) is 0 Å². The zero-order chi connectivity index (χ0) is 14.8. The van der Waals surface area contributed by atoms with E-state index in [1.807, 2.05) is 48.2 Å². The number of hydrogen-bond donors (Lipinski definition) is 1. The van der Waals surface area contributed by atoms with Crippen molar-refractivity contribution in [2.24, 2.45) is 0 Å². The molecule has 0 saturated heterocycles. The van der Waals surface area contributed by atoms with Crippen molar-refractivity contribution in [3.8, 4) is 5.69 Å². The van der Waals surface area contributed by atoms with Crippen molar-refractivity contribution < 1.29 is 4.79 Å². The SMILES string of the molecule is CSC(C)C(=O)Nc1c2c(nn1-c1ccccc1)CCC2. The van der Waals surface area contributed by atoms with Gasteiger partial charge in [-0.3, -0.25) is 4.79 Å². The molecule has 110 valence electrons. The number of anilines is 1. The number of fused-ring (bicyclic) bond motifs is 1. The van der Waals surface area contributed by atoms with Gasteiger partial charge in [0.25, 0.3) is 0 Å². The average Bonchev–Trinajstić information content (AvgIpc) is 3.10. The van der Waals surface area contributed by atoms with Crippen molar-refractivity contribution >= 4 is 23.5 Å². The number of carbonyl (C=O) groups excluding carboxylic acids is 1. The molecule has 0 aliphatic heterocycles. The van der Waals surface area contributed by atoms with Crippen LogP contribution in [0.5, 0.6) is 0 Å². The van der Waals surface area contributed by atoms with Crippen LogP contribution in [-0.2, 0) is 17.6 Å². The fourth-order valence-corrected chi connectivity index (χ4v) is 2.87. The summed E-state index contributed by atoms with van der Waals surface area (Å²) in [6, 6.07) is 9.97. The van der Waals surface area contributed by atoms with Crippen LogP contribution in [0.25, 0.3) is 5.69 Å². The Kier molecular flexibility index (Phi) is 4.01. The number of aryl methyl sites for hydroxylation is 1.